The minimum atomic E-state index is -5.08. The first-order valence-electron chi connectivity index (χ1n) is 11.0. The number of aromatic nitrogens is 1. The normalized spacial score (nSPS) is 21.3. The van der Waals surface area contributed by atoms with Gasteiger partial charge in [-0.15, -0.1) is 0 Å². The van der Waals surface area contributed by atoms with E-state index in [1.54, 1.807) is 36.3 Å². The number of carboxylic acid groups (broad SMARTS) is 2. The van der Waals surface area contributed by atoms with Gasteiger partial charge in [-0.3, -0.25) is 19.5 Å². The number of rotatable bonds is 4. The Morgan fingerprint density at radius 2 is 1.53 bits per heavy atom. The number of halogens is 6. The summed E-state index contributed by atoms with van der Waals surface area (Å²) in [6, 6.07) is 4.04. The molecule has 214 valence electrons. The number of nitrogens with zero attached hydrogens (tertiary/aromatic N) is 4. The van der Waals surface area contributed by atoms with Gasteiger partial charge in [-0.25, -0.2) is 9.59 Å². The molecule has 0 aliphatic carbocycles. The van der Waals surface area contributed by atoms with E-state index in [1.807, 2.05) is 12.1 Å². The zero-order valence-electron chi connectivity index (χ0n) is 20.7. The van der Waals surface area contributed by atoms with Gasteiger partial charge >= 0.3 is 24.3 Å². The van der Waals surface area contributed by atoms with Crippen LogP contribution in [0, 0.1) is 11.3 Å². The Bertz CT molecular complexity index is 965. The second-order valence-electron chi connectivity index (χ2n) is 8.95. The predicted molar refractivity (Wildman–Crippen MR) is 118 cm³/mol. The molecule has 2 N–H and O–H groups in total. The number of aliphatic carboxylic acids is 2. The highest BCUT2D eigenvalue weighted by Crippen LogP contribution is 2.45. The van der Waals surface area contributed by atoms with Gasteiger partial charge in [-0.1, -0.05) is 6.92 Å². The van der Waals surface area contributed by atoms with Gasteiger partial charge < -0.3 is 20.0 Å². The number of alkyl halides is 6. The van der Waals surface area contributed by atoms with Crippen LogP contribution in [-0.4, -0.2) is 106 Å². The molecule has 2 atom stereocenters. The topological polar surface area (TPSA) is 131 Å². The van der Waals surface area contributed by atoms with Crippen molar-refractivity contribution in [1.82, 2.24) is 19.7 Å². The Balaban J connectivity index is 0.000000426. The molecule has 10 nitrogen and oxygen atoms in total. The van der Waals surface area contributed by atoms with Gasteiger partial charge in [0.1, 0.15) is 0 Å². The van der Waals surface area contributed by atoms with Crippen molar-refractivity contribution in [1.29, 1.82) is 0 Å². The lowest BCUT2D eigenvalue weighted by atomic mass is 9.78. The standard InChI is InChI=1S/C18H26N4O2.2C2HF3O2/c1-14-10-21(11-15-4-7-19-8-5-15)13-18(14)6-9-22(17(18)24)12-16(23)20(2)3;2*3-2(4,5)1(6)7/h4-5,7-8,14H,6,9-13H2,1-3H3;2*(H,6,7)/t14-,18-;;/m1../s1. The maximum absolute atomic E-state index is 13.0. The van der Waals surface area contributed by atoms with E-state index in [-0.39, 0.29) is 23.8 Å². The summed E-state index contributed by atoms with van der Waals surface area (Å²) in [5, 5.41) is 14.2. The number of amides is 2. The number of carboxylic acids is 2. The first-order chi connectivity index (χ1) is 17.3. The summed E-state index contributed by atoms with van der Waals surface area (Å²) < 4.78 is 63.5. The van der Waals surface area contributed by atoms with Crippen LogP contribution in [0.3, 0.4) is 0 Å². The molecule has 0 radical (unpaired) electrons. The molecule has 3 rings (SSSR count). The third-order valence-corrected chi connectivity index (χ3v) is 5.99. The summed E-state index contributed by atoms with van der Waals surface area (Å²) in [6.07, 6.45) is -5.71. The van der Waals surface area contributed by atoms with E-state index in [0.717, 1.165) is 26.1 Å². The predicted octanol–water partition coefficient (Wildman–Crippen LogP) is 2.11. The Morgan fingerprint density at radius 3 is 1.95 bits per heavy atom. The molecule has 2 aliphatic heterocycles. The zero-order valence-corrected chi connectivity index (χ0v) is 20.7. The van der Waals surface area contributed by atoms with Crippen molar-refractivity contribution in [2.45, 2.75) is 32.2 Å². The highest BCUT2D eigenvalue weighted by atomic mass is 19.4. The summed E-state index contributed by atoms with van der Waals surface area (Å²) in [5.41, 5.74) is 0.902. The highest BCUT2D eigenvalue weighted by Gasteiger charge is 2.55. The fraction of sp³-hybridized carbons (Fsp3) is 0.591. The molecule has 38 heavy (non-hydrogen) atoms. The van der Waals surface area contributed by atoms with E-state index in [0.29, 0.717) is 12.5 Å². The minimum Gasteiger partial charge on any atom is -0.475 e. The molecule has 3 heterocycles. The quantitative estimate of drug-likeness (QED) is 0.538. The fourth-order valence-corrected chi connectivity index (χ4v) is 3.97. The third kappa shape index (κ3) is 9.15. The zero-order chi connectivity index (χ0) is 29.5. The largest absolute Gasteiger partial charge is 0.490 e. The molecule has 16 heteroatoms. The van der Waals surface area contributed by atoms with Gasteiger partial charge in [0.2, 0.25) is 11.8 Å². The second-order valence-corrected chi connectivity index (χ2v) is 8.95. The summed E-state index contributed by atoms with van der Waals surface area (Å²) in [6.45, 7) is 5.60. The van der Waals surface area contributed by atoms with E-state index in [4.69, 9.17) is 19.8 Å². The number of carbonyl (C=O) groups is 4. The lowest BCUT2D eigenvalue weighted by Crippen LogP contribution is -2.43. The van der Waals surface area contributed by atoms with Crippen molar-refractivity contribution < 1.29 is 55.7 Å². The first kappa shape index (κ1) is 32.6. The molecule has 1 aromatic heterocycles. The van der Waals surface area contributed by atoms with Crippen molar-refractivity contribution in [3.63, 3.8) is 0 Å². The van der Waals surface area contributed by atoms with Crippen LogP contribution in [0.2, 0.25) is 0 Å². The summed E-state index contributed by atoms with van der Waals surface area (Å²) in [4.78, 5) is 52.5. The first-order valence-corrected chi connectivity index (χ1v) is 11.0. The molecule has 1 aromatic rings. The fourth-order valence-electron chi connectivity index (χ4n) is 3.97. The number of hydrogen-bond donors (Lipinski definition) is 2. The molecule has 1 spiro atoms. The molecular weight excluding hydrogens is 530 g/mol. The van der Waals surface area contributed by atoms with Crippen molar-refractivity contribution >= 4 is 23.8 Å². The number of likely N-dealkylation sites (N-methyl/N-ethyl adjacent to an activating group) is 1. The number of likely N-dealkylation sites (tertiary alicyclic amines) is 2. The number of pyridine rings is 1. The lowest BCUT2D eigenvalue weighted by molar-refractivity contribution is -0.193. The van der Waals surface area contributed by atoms with Crippen LogP contribution in [0.1, 0.15) is 18.9 Å². The van der Waals surface area contributed by atoms with Crippen molar-refractivity contribution in [3.05, 3.63) is 30.1 Å². The van der Waals surface area contributed by atoms with Crippen LogP contribution in [0.25, 0.3) is 0 Å². The van der Waals surface area contributed by atoms with Gasteiger partial charge in [0.15, 0.2) is 0 Å². The average molecular weight is 558 g/mol. The van der Waals surface area contributed by atoms with E-state index < -0.39 is 24.3 Å². The van der Waals surface area contributed by atoms with Crippen LogP contribution in [0.15, 0.2) is 24.5 Å². The Hall–Kier alpha value is -3.43. The molecule has 0 unspecified atom stereocenters. The molecule has 2 aliphatic rings. The number of carbonyl (C=O) groups excluding carboxylic acids is 2. The van der Waals surface area contributed by atoms with E-state index in [2.05, 4.69) is 16.8 Å². The number of hydrogen-bond acceptors (Lipinski definition) is 6. The average Bonchev–Trinajstić information content (AvgIpc) is 3.27. The highest BCUT2D eigenvalue weighted by molar-refractivity contribution is 5.90. The monoisotopic (exact) mass is 558 g/mol. The van der Waals surface area contributed by atoms with Crippen LogP contribution in [0.4, 0.5) is 26.3 Å². The van der Waals surface area contributed by atoms with Gasteiger partial charge in [-0.05, 0) is 30.0 Å². The van der Waals surface area contributed by atoms with Gasteiger partial charge in [0.05, 0.1) is 12.0 Å². The molecule has 0 bridgehead atoms. The van der Waals surface area contributed by atoms with Crippen molar-refractivity contribution in [2.24, 2.45) is 11.3 Å². The Labute approximate surface area is 213 Å². The minimum absolute atomic E-state index is 0.0142. The SMILES string of the molecule is C[C@@H]1CN(Cc2ccncc2)C[C@]12CCN(CC(=O)N(C)C)C2=O.O=C(O)C(F)(F)F.O=C(O)C(F)(F)F. The molecule has 0 saturated carbocycles. The third-order valence-electron chi connectivity index (χ3n) is 5.99. The maximum Gasteiger partial charge on any atom is 0.490 e. The molecule has 2 saturated heterocycles. The van der Waals surface area contributed by atoms with Gasteiger partial charge in [-0.2, -0.15) is 26.3 Å². The van der Waals surface area contributed by atoms with Crippen LogP contribution >= 0.6 is 0 Å². The van der Waals surface area contributed by atoms with Crippen LogP contribution < -0.4 is 0 Å². The van der Waals surface area contributed by atoms with Gasteiger partial charge in [0, 0.05) is 52.7 Å². The molecular formula is C22H28F6N4O6. The second kappa shape index (κ2) is 12.9. The van der Waals surface area contributed by atoms with E-state index >= 15 is 0 Å². The van der Waals surface area contributed by atoms with Crippen LogP contribution in [0.5, 0.6) is 0 Å². The summed E-state index contributed by atoms with van der Waals surface area (Å²) >= 11 is 0. The van der Waals surface area contributed by atoms with E-state index in [1.165, 1.54) is 5.56 Å². The maximum atomic E-state index is 13.0. The van der Waals surface area contributed by atoms with Crippen molar-refractivity contribution in [3.8, 4) is 0 Å². The van der Waals surface area contributed by atoms with Crippen molar-refractivity contribution in [2.75, 3.05) is 40.3 Å². The van der Waals surface area contributed by atoms with Gasteiger partial charge in [0.25, 0.3) is 0 Å². The van der Waals surface area contributed by atoms with Crippen LogP contribution in [-0.2, 0) is 25.7 Å². The molecule has 2 fully saturated rings. The Morgan fingerprint density at radius 1 is 1.05 bits per heavy atom. The smallest absolute Gasteiger partial charge is 0.475 e. The lowest BCUT2D eigenvalue weighted by Gasteiger charge is -2.27. The Kier molecular flexibility index (Phi) is 11.1. The van der Waals surface area contributed by atoms with E-state index in [9.17, 15) is 35.9 Å². The molecule has 0 aromatic carbocycles. The molecule has 2 amide bonds. The summed E-state index contributed by atoms with van der Waals surface area (Å²) in [5.74, 6) is -5.06. The summed E-state index contributed by atoms with van der Waals surface area (Å²) in [7, 11) is 3.46.